The maximum atomic E-state index is 11.8. The van der Waals surface area contributed by atoms with Crippen molar-refractivity contribution in [2.24, 2.45) is 0 Å². The summed E-state index contributed by atoms with van der Waals surface area (Å²) >= 11 is 0. The van der Waals surface area contributed by atoms with Crippen LogP contribution in [0.25, 0.3) is 0 Å². The Balaban J connectivity index is 2.71. The summed E-state index contributed by atoms with van der Waals surface area (Å²) in [4.78, 5) is 23.6. The normalized spacial score (nSPS) is 14.1. The zero-order valence-corrected chi connectivity index (χ0v) is 10.1. The summed E-state index contributed by atoms with van der Waals surface area (Å²) in [5, 5.41) is 0. The van der Waals surface area contributed by atoms with E-state index in [1.165, 1.54) is 19.3 Å². The summed E-state index contributed by atoms with van der Waals surface area (Å²) < 4.78 is 5.22. The van der Waals surface area contributed by atoms with Gasteiger partial charge in [-0.15, -0.1) is 0 Å². The van der Waals surface area contributed by atoms with Crippen LogP contribution in [-0.2, 0) is 0 Å². The fourth-order valence-electron chi connectivity index (χ4n) is 1.90. The van der Waals surface area contributed by atoms with Gasteiger partial charge in [0.05, 0.1) is 12.7 Å². The van der Waals surface area contributed by atoms with Crippen LogP contribution in [0, 0.1) is 0 Å². The standard InChI is InChI=1S/C14H14O3/c1-8(2)9-6-10-11(15)4-5-12(16)14(10)13(7-9)17-3/h4-8H,1-3H3. The van der Waals surface area contributed by atoms with Crippen LogP contribution >= 0.6 is 0 Å². The van der Waals surface area contributed by atoms with Crippen LogP contribution in [0.4, 0.5) is 0 Å². The summed E-state index contributed by atoms with van der Waals surface area (Å²) in [6, 6.07) is 3.61. The summed E-state index contributed by atoms with van der Waals surface area (Å²) in [6.07, 6.45) is 2.61. The molecule has 0 heterocycles. The third kappa shape index (κ3) is 1.88. The average Bonchev–Trinajstić information content (AvgIpc) is 2.32. The summed E-state index contributed by atoms with van der Waals surface area (Å²) in [5.74, 6) is 0.448. The lowest BCUT2D eigenvalue weighted by Gasteiger charge is -2.16. The fourth-order valence-corrected chi connectivity index (χ4v) is 1.90. The number of carbonyl (C=O) groups excluding carboxylic acids is 2. The number of ether oxygens (including phenoxy) is 1. The molecule has 0 radical (unpaired) electrons. The molecule has 1 aromatic rings. The Hall–Kier alpha value is -1.90. The third-order valence-electron chi connectivity index (χ3n) is 2.91. The van der Waals surface area contributed by atoms with E-state index in [2.05, 4.69) is 0 Å². The molecule has 3 nitrogen and oxygen atoms in total. The van der Waals surface area contributed by atoms with E-state index in [0.717, 1.165) is 5.56 Å². The van der Waals surface area contributed by atoms with E-state index in [1.54, 1.807) is 6.07 Å². The number of fused-ring (bicyclic) bond motifs is 1. The molecule has 0 aromatic heterocycles. The van der Waals surface area contributed by atoms with Crippen LogP contribution in [0.5, 0.6) is 5.75 Å². The molecule has 17 heavy (non-hydrogen) atoms. The van der Waals surface area contributed by atoms with E-state index < -0.39 is 0 Å². The molecule has 0 bridgehead atoms. The lowest BCUT2D eigenvalue weighted by molar-refractivity contribution is 0.0991. The number of benzene rings is 1. The first-order valence-electron chi connectivity index (χ1n) is 5.53. The molecule has 0 saturated heterocycles. The van der Waals surface area contributed by atoms with Crippen molar-refractivity contribution in [3.05, 3.63) is 41.0 Å². The second-order valence-electron chi connectivity index (χ2n) is 4.36. The van der Waals surface area contributed by atoms with E-state index in [-0.39, 0.29) is 17.5 Å². The lowest BCUT2D eigenvalue weighted by Crippen LogP contribution is -2.14. The topological polar surface area (TPSA) is 43.4 Å². The van der Waals surface area contributed by atoms with Gasteiger partial charge in [-0.2, -0.15) is 0 Å². The van der Waals surface area contributed by atoms with E-state index in [1.807, 2.05) is 19.9 Å². The largest absolute Gasteiger partial charge is 0.496 e. The highest BCUT2D eigenvalue weighted by atomic mass is 16.5. The zero-order chi connectivity index (χ0) is 12.6. The van der Waals surface area contributed by atoms with Gasteiger partial charge in [0.1, 0.15) is 5.75 Å². The highest BCUT2D eigenvalue weighted by Crippen LogP contribution is 2.31. The molecule has 2 rings (SSSR count). The van der Waals surface area contributed by atoms with Crippen LogP contribution in [0.1, 0.15) is 46.0 Å². The first-order chi connectivity index (χ1) is 8.04. The summed E-state index contributed by atoms with van der Waals surface area (Å²) in [5.41, 5.74) is 1.82. The van der Waals surface area contributed by atoms with Crippen molar-refractivity contribution < 1.29 is 14.3 Å². The van der Waals surface area contributed by atoms with Crippen molar-refractivity contribution in [1.82, 2.24) is 0 Å². The Morgan fingerprint density at radius 2 is 1.71 bits per heavy atom. The Morgan fingerprint density at radius 1 is 1.06 bits per heavy atom. The fraction of sp³-hybridized carbons (Fsp3) is 0.286. The van der Waals surface area contributed by atoms with Gasteiger partial charge >= 0.3 is 0 Å². The maximum absolute atomic E-state index is 11.8. The minimum atomic E-state index is -0.174. The smallest absolute Gasteiger partial charge is 0.190 e. The predicted octanol–water partition coefficient (Wildman–Crippen LogP) is 2.75. The van der Waals surface area contributed by atoms with Crippen LogP contribution in [0.15, 0.2) is 24.3 Å². The van der Waals surface area contributed by atoms with Crippen LogP contribution in [-0.4, -0.2) is 18.7 Å². The minimum absolute atomic E-state index is 0.139. The van der Waals surface area contributed by atoms with Gasteiger partial charge in [-0.3, -0.25) is 9.59 Å². The molecule has 0 amide bonds. The summed E-state index contributed by atoms with van der Waals surface area (Å²) in [6.45, 7) is 4.07. The highest BCUT2D eigenvalue weighted by molar-refractivity contribution is 6.23. The van der Waals surface area contributed by atoms with Crippen molar-refractivity contribution in [2.75, 3.05) is 7.11 Å². The number of allylic oxidation sites excluding steroid dienone is 2. The molecule has 1 aliphatic rings. The molecular formula is C14H14O3. The van der Waals surface area contributed by atoms with Crippen molar-refractivity contribution in [3.63, 3.8) is 0 Å². The van der Waals surface area contributed by atoms with Gasteiger partial charge in [0.25, 0.3) is 0 Å². The Morgan fingerprint density at radius 3 is 2.29 bits per heavy atom. The van der Waals surface area contributed by atoms with Gasteiger partial charge in [-0.05, 0) is 35.8 Å². The number of rotatable bonds is 2. The number of ketones is 2. The van der Waals surface area contributed by atoms with E-state index >= 15 is 0 Å². The first-order valence-corrected chi connectivity index (χ1v) is 5.53. The molecule has 3 heteroatoms. The first kappa shape index (κ1) is 11.6. The van der Waals surface area contributed by atoms with E-state index in [0.29, 0.717) is 16.9 Å². The maximum Gasteiger partial charge on any atom is 0.190 e. The molecule has 0 fully saturated rings. The molecule has 0 N–H and O–H groups in total. The molecule has 0 saturated carbocycles. The second kappa shape index (κ2) is 4.17. The molecular weight excluding hydrogens is 216 g/mol. The van der Waals surface area contributed by atoms with E-state index in [4.69, 9.17) is 4.74 Å². The third-order valence-corrected chi connectivity index (χ3v) is 2.91. The van der Waals surface area contributed by atoms with Crippen molar-refractivity contribution in [1.29, 1.82) is 0 Å². The van der Waals surface area contributed by atoms with Crippen LogP contribution in [0.3, 0.4) is 0 Å². The Bertz CT molecular complexity index is 525. The van der Waals surface area contributed by atoms with Gasteiger partial charge in [0, 0.05) is 5.56 Å². The van der Waals surface area contributed by atoms with Gasteiger partial charge < -0.3 is 4.74 Å². The molecule has 1 aromatic carbocycles. The van der Waals surface area contributed by atoms with Gasteiger partial charge in [0.15, 0.2) is 11.6 Å². The Labute approximate surface area is 100 Å². The predicted molar refractivity (Wildman–Crippen MR) is 64.9 cm³/mol. The highest BCUT2D eigenvalue weighted by Gasteiger charge is 2.24. The number of methoxy groups -OCH3 is 1. The number of carbonyl (C=O) groups is 2. The van der Waals surface area contributed by atoms with Crippen molar-refractivity contribution >= 4 is 11.6 Å². The average molecular weight is 230 g/mol. The van der Waals surface area contributed by atoms with Crippen LogP contribution < -0.4 is 4.74 Å². The summed E-state index contributed by atoms with van der Waals surface area (Å²) in [7, 11) is 1.51. The SMILES string of the molecule is COc1cc(C(C)C)cc2c1C(=O)C=CC2=O. The van der Waals surface area contributed by atoms with E-state index in [9.17, 15) is 9.59 Å². The second-order valence-corrected chi connectivity index (χ2v) is 4.36. The molecule has 88 valence electrons. The molecule has 0 unspecified atom stereocenters. The molecule has 0 aliphatic heterocycles. The van der Waals surface area contributed by atoms with Gasteiger partial charge in [-0.25, -0.2) is 0 Å². The monoisotopic (exact) mass is 230 g/mol. The van der Waals surface area contributed by atoms with Crippen molar-refractivity contribution in [2.45, 2.75) is 19.8 Å². The number of hydrogen-bond donors (Lipinski definition) is 0. The van der Waals surface area contributed by atoms with Crippen LogP contribution in [0.2, 0.25) is 0 Å². The lowest BCUT2D eigenvalue weighted by atomic mass is 9.89. The quantitative estimate of drug-likeness (QED) is 0.784. The van der Waals surface area contributed by atoms with Gasteiger partial charge in [0.2, 0.25) is 0 Å². The molecule has 0 atom stereocenters. The van der Waals surface area contributed by atoms with Crippen molar-refractivity contribution in [3.8, 4) is 5.75 Å². The Kier molecular flexibility index (Phi) is 2.84. The minimum Gasteiger partial charge on any atom is -0.496 e. The molecule has 1 aliphatic carbocycles. The number of hydrogen-bond acceptors (Lipinski definition) is 3. The van der Waals surface area contributed by atoms with Gasteiger partial charge in [-0.1, -0.05) is 13.8 Å². The molecule has 0 spiro atoms. The zero-order valence-electron chi connectivity index (χ0n) is 10.1.